The van der Waals surface area contributed by atoms with E-state index in [4.69, 9.17) is 9.26 Å². The van der Waals surface area contributed by atoms with E-state index < -0.39 is 10.0 Å². The van der Waals surface area contributed by atoms with Crippen molar-refractivity contribution in [2.75, 3.05) is 6.61 Å². The minimum absolute atomic E-state index is 0.220. The zero-order chi connectivity index (χ0) is 16.6. The van der Waals surface area contributed by atoms with Crippen LogP contribution in [0.3, 0.4) is 0 Å². The number of ether oxygens (including phenoxy) is 1. The summed E-state index contributed by atoms with van der Waals surface area (Å²) in [6.07, 6.45) is 0.606. The molecule has 2 heterocycles. The van der Waals surface area contributed by atoms with Gasteiger partial charge < -0.3 is 9.26 Å². The molecule has 2 aromatic carbocycles. The summed E-state index contributed by atoms with van der Waals surface area (Å²) in [6, 6.07) is 14.6. The first-order chi connectivity index (χ1) is 11.6. The molecule has 1 aromatic heterocycles. The molecule has 6 nitrogen and oxygen atoms in total. The number of hydrogen-bond acceptors (Lipinski definition) is 5. The molecule has 0 saturated heterocycles. The first kappa shape index (κ1) is 15.2. The zero-order valence-electron chi connectivity index (χ0n) is 12.8. The summed E-state index contributed by atoms with van der Waals surface area (Å²) in [7, 11) is -3.55. The predicted octanol–water partition coefficient (Wildman–Crippen LogP) is 2.25. The molecule has 3 aromatic rings. The van der Waals surface area contributed by atoms with Crippen LogP contribution < -0.4 is 9.46 Å². The van der Waals surface area contributed by atoms with Crippen LogP contribution >= 0.6 is 0 Å². The zero-order valence-corrected chi connectivity index (χ0v) is 13.6. The van der Waals surface area contributed by atoms with Crippen molar-refractivity contribution in [3.05, 3.63) is 59.8 Å². The number of nitrogens with one attached hydrogen (secondary N) is 1. The van der Waals surface area contributed by atoms with Crippen molar-refractivity contribution in [2.24, 2.45) is 0 Å². The highest BCUT2D eigenvalue weighted by molar-refractivity contribution is 7.88. The Morgan fingerprint density at radius 2 is 1.92 bits per heavy atom. The van der Waals surface area contributed by atoms with Crippen LogP contribution in [0.25, 0.3) is 11.0 Å². The van der Waals surface area contributed by atoms with E-state index in [1.54, 1.807) is 12.1 Å². The van der Waals surface area contributed by atoms with Gasteiger partial charge in [0.1, 0.15) is 23.8 Å². The Morgan fingerprint density at radius 1 is 1.12 bits per heavy atom. The first-order valence-electron chi connectivity index (χ1n) is 7.65. The number of benzene rings is 2. The van der Waals surface area contributed by atoms with Gasteiger partial charge in [0, 0.05) is 5.39 Å². The minimum atomic E-state index is -3.55. The summed E-state index contributed by atoms with van der Waals surface area (Å²) in [5.74, 6) is 0.595. The lowest BCUT2D eigenvalue weighted by molar-refractivity contribution is 0.254. The van der Waals surface area contributed by atoms with E-state index >= 15 is 0 Å². The first-order valence-corrected chi connectivity index (χ1v) is 9.30. The highest BCUT2D eigenvalue weighted by Crippen LogP contribution is 2.25. The van der Waals surface area contributed by atoms with Crippen LogP contribution in [0.15, 0.2) is 53.1 Å². The molecule has 0 radical (unpaired) electrons. The number of para-hydroxylation sites is 2. The highest BCUT2D eigenvalue weighted by Gasteiger charge is 2.25. The Bertz CT molecular complexity index is 981. The SMILES string of the molecule is O=S(=O)(Cc1noc2ccccc12)N[C@H]1COc2ccccc2C1. The summed E-state index contributed by atoms with van der Waals surface area (Å²) >= 11 is 0. The molecule has 7 heteroatoms. The Hall–Kier alpha value is -2.38. The summed E-state index contributed by atoms with van der Waals surface area (Å²) in [6.45, 7) is 0.315. The maximum Gasteiger partial charge on any atom is 0.217 e. The highest BCUT2D eigenvalue weighted by atomic mass is 32.2. The Morgan fingerprint density at radius 3 is 2.83 bits per heavy atom. The normalized spacial score (nSPS) is 17.4. The smallest absolute Gasteiger partial charge is 0.217 e. The summed E-state index contributed by atoms with van der Waals surface area (Å²) < 4.78 is 38.4. The van der Waals surface area contributed by atoms with Gasteiger partial charge in [0.25, 0.3) is 0 Å². The number of hydrogen-bond donors (Lipinski definition) is 1. The van der Waals surface area contributed by atoms with Gasteiger partial charge in [0.05, 0.1) is 6.04 Å². The molecule has 0 fully saturated rings. The Kier molecular flexibility index (Phi) is 3.74. The number of rotatable bonds is 4. The molecule has 0 unspecified atom stereocenters. The molecule has 0 spiro atoms. The quantitative estimate of drug-likeness (QED) is 0.785. The van der Waals surface area contributed by atoms with Gasteiger partial charge in [0.15, 0.2) is 5.58 Å². The molecule has 4 rings (SSSR count). The van der Waals surface area contributed by atoms with Crippen molar-refractivity contribution >= 4 is 21.0 Å². The second kappa shape index (κ2) is 5.92. The number of fused-ring (bicyclic) bond motifs is 2. The molecule has 1 atom stereocenters. The van der Waals surface area contributed by atoms with E-state index in [1.807, 2.05) is 36.4 Å². The molecule has 0 saturated carbocycles. The van der Waals surface area contributed by atoms with Crippen LogP contribution in [0.4, 0.5) is 0 Å². The van der Waals surface area contributed by atoms with E-state index in [0.29, 0.717) is 29.7 Å². The number of nitrogens with zero attached hydrogens (tertiary/aromatic N) is 1. The van der Waals surface area contributed by atoms with Crippen LogP contribution in [0.2, 0.25) is 0 Å². The van der Waals surface area contributed by atoms with Gasteiger partial charge in [-0.05, 0) is 30.2 Å². The Balaban J connectivity index is 1.50. The van der Waals surface area contributed by atoms with Gasteiger partial charge >= 0.3 is 0 Å². The Labute approximate surface area is 139 Å². The van der Waals surface area contributed by atoms with Crippen LogP contribution in [0.5, 0.6) is 5.75 Å². The third kappa shape index (κ3) is 3.00. The van der Waals surface area contributed by atoms with Crippen molar-refractivity contribution in [1.82, 2.24) is 9.88 Å². The average Bonchev–Trinajstić information content (AvgIpc) is 2.97. The number of sulfonamides is 1. The second-order valence-electron chi connectivity index (χ2n) is 5.82. The van der Waals surface area contributed by atoms with Crippen molar-refractivity contribution in [3.8, 4) is 5.75 Å². The van der Waals surface area contributed by atoms with E-state index in [0.717, 1.165) is 11.3 Å². The van der Waals surface area contributed by atoms with Gasteiger partial charge in [0.2, 0.25) is 10.0 Å². The maximum atomic E-state index is 12.5. The van der Waals surface area contributed by atoms with Crippen molar-refractivity contribution in [1.29, 1.82) is 0 Å². The molecule has 0 amide bonds. The minimum Gasteiger partial charge on any atom is -0.492 e. The van der Waals surface area contributed by atoms with Crippen LogP contribution in [-0.4, -0.2) is 26.2 Å². The van der Waals surface area contributed by atoms with Crippen molar-refractivity contribution < 1.29 is 17.7 Å². The van der Waals surface area contributed by atoms with E-state index in [2.05, 4.69) is 9.88 Å². The molecule has 24 heavy (non-hydrogen) atoms. The molecule has 124 valence electrons. The maximum absolute atomic E-state index is 12.5. The monoisotopic (exact) mass is 344 g/mol. The summed E-state index contributed by atoms with van der Waals surface area (Å²) in [4.78, 5) is 0. The van der Waals surface area contributed by atoms with Crippen LogP contribution in [0, 0.1) is 0 Å². The van der Waals surface area contributed by atoms with Gasteiger partial charge in [-0.25, -0.2) is 13.1 Å². The molecule has 0 aliphatic carbocycles. The fourth-order valence-corrected chi connectivity index (χ4v) is 4.23. The third-order valence-electron chi connectivity index (χ3n) is 4.00. The van der Waals surface area contributed by atoms with Crippen molar-refractivity contribution in [2.45, 2.75) is 18.2 Å². The lowest BCUT2D eigenvalue weighted by Gasteiger charge is -2.25. The average molecular weight is 344 g/mol. The van der Waals surface area contributed by atoms with E-state index in [9.17, 15) is 8.42 Å². The molecule has 1 aliphatic rings. The van der Waals surface area contributed by atoms with Gasteiger partial charge in [-0.15, -0.1) is 0 Å². The van der Waals surface area contributed by atoms with E-state index in [1.165, 1.54) is 0 Å². The molecular weight excluding hydrogens is 328 g/mol. The number of aromatic nitrogens is 1. The van der Waals surface area contributed by atoms with Gasteiger partial charge in [-0.2, -0.15) is 0 Å². The lowest BCUT2D eigenvalue weighted by atomic mass is 10.0. The van der Waals surface area contributed by atoms with Crippen LogP contribution in [0.1, 0.15) is 11.3 Å². The molecule has 1 aliphatic heterocycles. The predicted molar refractivity (Wildman–Crippen MR) is 89.2 cm³/mol. The van der Waals surface area contributed by atoms with Gasteiger partial charge in [-0.1, -0.05) is 35.5 Å². The summed E-state index contributed by atoms with van der Waals surface area (Å²) in [5.41, 5.74) is 2.00. The summed E-state index contributed by atoms with van der Waals surface area (Å²) in [5, 5.41) is 4.60. The standard InChI is InChI=1S/C17H16N2O4S/c20-24(21,11-15-14-6-2-4-8-17(14)23-18-15)19-13-9-12-5-1-3-7-16(12)22-10-13/h1-8,13,19H,9-11H2/t13-/m1/s1. The fraction of sp³-hybridized carbons (Fsp3) is 0.235. The third-order valence-corrected chi connectivity index (χ3v) is 5.35. The van der Waals surface area contributed by atoms with Crippen molar-refractivity contribution in [3.63, 3.8) is 0 Å². The second-order valence-corrected chi connectivity index (χ2v) is 7.58. The van der Waals surface area contributed by atoms with E-state index in [-0.39, 0.29) is 11.8 Å². The molecular formula is C17H16N2O4S. The van der Waals surface area contributed by atoms with Crippen LogP contribution in [-0.2, 0) is 22.2 Å². The molecule has 1 N–H and O–H groups in total. The largest absolute Gasteiger partial charge is 0.492 e. The van der Waals surface area contributed by atoms with Gasteiger partial charge in [-0.3, -0.25) is 0 Å². The topological polar surface area (TPSA) is 81.4 Å². The fourth-order valence-electron chi connectivity index (χ4n) is 2.92. The molecule has 0 bridgehead atoms. The lowest BCUT2D eigenvalue weighted by Crippen LogP contribution is -2.43.